The summed E-state index contributed by atoms with van der Waals surface area (Å²) < 4.78 is 59.1. The summed E-state index contributed by atoms with van der Waals surface area (Å²) in [6, 6.07) is 5.71. The van der Waals surface area contributed by atoms with E-state index in [9.17, 15) is 22.2 Å². The number of halogens is 3. The molecule has 3 aliphatic rings. The highest BCUT2D eigenvalue weighted by Crippen LogP contribution is 2.41. The van der Waals surface area contributed by atoms with Gasteiger partial charge in [0.2, 0.25) is 0 Å². The standard InChI is InChI=1S/C26H36F3N7O2S2/c1-39-31-23-6-11-36(30-23)24(37)33-12-8-25(9-13-33)7-3-10-34(25)19-20-4-5-21(26(27,28)29)18-22(20)32-14-16-35(17-15-32)40(2)38/h4-6,11,18H,3,7-10,12-17,19H2,1-2H3,(H,30,31). The van der Waals surface area contributed by atoms with Crippen LogP contribution in [0.3, 0.4) is 0 Å². The van der Waals surface area contributed by atoms with Crippen LogP contribution in [0.25, 0.3) is 0 Å². The second-order valence-corrected chi connectivity index (χ2v) is 12.6. The monoisotopic (exact) mass is 599 g/mol. The first-order valence-electron chi connectivity index (χ1n) is 13.5. The zero-order valence-corrected chi connectivity index (χ0v) is 24.5. The minimum absolute atomic E-state index is 0.0791. The number of alkyl halides is 3. The Morgan fingerprint density at radius 1 is 1.07 bits per heavy atom. The maximum absolute atomic E-state index is 13.7. The van der Waals surface area contributed by atoms with Crippen LogP contribution in [0.5, 0.6) is 0 Å². The molecule has 1 spiro atoms. The largest absolute Gasteiger partial charge is 0.416 e. The van der Waals surface area contributed by atoms with E-state index in [4.69, 9.17) is 0 Å². The SMILES string of the molecule is CSNc1ccn(C(=O)N2CCC3(CCCN3Cc3ccc(C(F)(F)F)cc3N3CCN(S(C)=O)CC3)CC2)n1. The first-order chi connectivity index (χ1) is 19.1. The van der Waals surface area contributed by atoms with Crippen molar-refractivity contribution in [3.63, 3.8) is 0 Å². The van der Waals surface area contributed by atoms with E-state index >= 15 is 0 Å². The molecule has 1 amide bonds. The van der Waals surface area contributed by atoms with Gasteiger partial charge >= 0.3 is 12.2 Å². The number of hydrogen-bond donors (Lipinski definition) is 1. The average molecular weight is 600 g/mol. The lowest BCUT2D eigenvalue weighted by molar-refractivity contribution is -0.137. The number of amides is 1. The number of carbonyl (C=O) groups excluding carboxylic acids is 1. The number of piperidine rings is 1. The predicted octanol–water partition coefficient (Wildman–Crippen LogP) is 4.11. The summed E-state index contributed by atoms with van der Waals surface area (Å²) in [5.41, 5.74) is 0.762. The van der Waals surface area contributed by atoms with Gasteiger partial charge in [-0.1, -0.05) is 18.0 Å². The summed E-state index contributed by atoms with van der Waals surface area (Å²) in [6.45, 7) is 4.79. The van der Waals surface area contributed by atoms with Gasteiger partial charge in [-0.05, 0) is 49.9 Å². The van der Waals surface area contributed by atoms with E-state index in [1.165, 1.54) is 28.8 Å². The van der Waals surface area contributed by atoms with Crippen LogP contribution >= 0.6 is 11.9 Å². The van der Waals surface area contributed by atoms with Gasteiger partial charge in [-0.25, -0.2) is 13.3 Å². The Labute approximate surface area is 239 Å². The molecule has 5 rings (SSSR count). The second kappa shape index (κ2) is 11.9. The molecule has 4 heterocycles. The number of carbonyl (C=O) groups is 1. The lowest BCUT2D eigenvalue weighted by atomic mass is 9.84. The fourth-order valence-electron chi connectivity index (χ4n) is 6.22. The Kier molecular flexibility index (Phi) is 8.69. The molecule has 0 radical (unpaired) electrons. The van der Waals surface area contributed by atoms with Crippen LogP contribution in [-0.4, -0.2) is 98.0 Å². The van der Waals surface area contributed by atoms with Crippen molar-refractivity contribution in [2.24, 2.45) is 0 Å². The van der Waals surface area contributed by atoms with E-state index in [-0.39, 0.29) is 11.6 Å². The molecular weight excluding hydrogens is 563 g/mol. The van der Waals surface area contributed by atoms with Gasteiger partial charge in [-0.15, -0.1) is 5.10 Å². The molecule has 0 aliphatic carbocycles. The van der Waals surface area contributed by atoms with Gasteiger partial charge < -0.3 is 14.5 Å². The van der Waals surface area contributed by atoms with Crippen LogP contribution in [0.1, 0.15) is 36.8 Å². The van der Waals surface area contributed by atoms with Crippen molar-refractivity contribution in [3.8, 4) is 0 Å². The maximum Gasteiger partial charge on any atom is 0.416 e. The molecular formula is C26H36F3N7O2S2. The highest BCUT2D eigenvalue weighted by atomic mass is 32.2. The van der Waals surface area contributed by atoms with Crippen LogP contribution in [0, 0.1) is 0 Å². The molecule has 1 atom stereocenters. The topological polar surface area (TPSA) is 77.0 Å². The molecule has 1 N–H and O–H groups in total. The Bertz CT molecular complexity index is 1230. The van der Waals surface area contributed by atoms with Crippen LogP contribution in [0.4, 0.5) is 29.5 Å². The summed E-state index contributed by atoms with van der Waals surface area (Å²) in [7, 11) is -1.10. The molecule has 9 nitrogen and oxygen atoms in total. The second-order valence-electron chi connectivity index (χ2n) is 10.7. The van der Waals surface area contributed by atoms with Crippen molar-refractivity contribution in [2.75, 3.05) is 67.9 Å². The molecule has 3 fully saturated rings. The first-order valence-corrected chi connectivity index (χ1v) is 16.3. The number of nitrogens with zero attached hydrogens (tertiary/aromatic N) is 6. The number of nitrogens with one attached hydrogen (secondary N) is 1. The predicted molar refractivity (Wildman–Crippen MR) is 153 cm³/mol. The Morgan fingerprint density at radius 3 is 2.45 bits per heavy atom. The summed E-state index contributed by atoms with van der Waals surface area (Å²) in [5.74, 6) is 0.632. The Morgan fingerprint density at radius 2 is 1.80 bits per heavy atom. The maximum atomic E-state index is 13.7. The van der Waals surface area contributed by atoms with Crippen LogP contribution < -0.4 is 9.62 Å². The van der Waals surface area contributed by atoms with E-state index in [1.807, 2.05) is 20.4 Å². The lowest BCUT2D eigenvalue weighted by Crippen LogP contribution is -2.53. The summed E-state index contributed by atoms with van der Waals surface area (Å²) in [5, 5.41) is 4.31. The molecule has 0 bridgehead atoms. The third kappa shape index (κ3) is 6.14. The molecule has 3 aliphatic heterocycles. The van der Waals surface area contributed by atoms with E-state index < -0.39 is 22.7 Å². The average Bonchev–Trinajstić information content (AvgIpc) is 3.56. The highest BCUT2D eigenvalue weighted by molar-refractivity contribution is 7.99. The Hall–Kier alpha value is -2.29. The zero-order chi connectivity index (χ0) is 28.5. The van der Waals surface area contributed by atoms with Gasteiger partial charge in [0.05, 0.1) is 16.5 Å². The smallest absolute Gasteiger partial charge is 0.369 e. The number of hydrogen-bond acceptors (Lipinski definition) is 7. The molecule has 1 unspecified atom stereocenters. The van der Waals surface area contributed by atoms with Gasteiger partial charge in [0.1, 0.15) is 0 Å². The summed E-state index contributed by atoms with van der Waals surface area (Å²) >= 11 is 1.41. The van der Waals surface area contributed by atoms with Gasteiger partial charge in [-0.3, -0.25) is 4.90 Å². The number of anilines is 2. The molecule has 14 heteroatoms. The number of piperazine rings is 1. The minimum Gasteiger partial charge on any atom is -0.369 e. The molecule has 2 aromatic rings. The van der Waals surface area contributed by atoms with Crippen molar-refractivity contribution in [2.45, 2.75) is 43.9 Å². The normalized spacial score (nSPS) is 21.2. The van der Waals surface area contributed by atoms with Crippen molar-refractivity contribution in [1.29, 1.82) is 0 Å². The molecule has 40 heavy (non-hydrogen) atoms. The van der Waals surface area contributed by atoms with Crippen LogP contribution in [0.2, 0.25) is 0 Å². The number of benzene rings is 1. The fraction of sp³-hybridized carbons (Fsp3) is 0.615. The number of rotatable bonds is 6. The van der Waals surface area contributed by atoms with Gasteiger partial charge in [0.15, 0.2) is 5.82 Å². The fourth-order valence-corrected chi connectivity index (χ4v) is 7.21. The molecule has 1 aromatic heterocycles. The van der Waals surface area contributed by atoms with Crippen LogP contribution in [-0.2, 0) is 23.7 Å². The molecule has 0 saturated carbocycles. The van der Waals surface area contributed by atoms with Crippen LogP contribution in [0.15, 0.2) is 30.5 Å². The third-order valence-electron chi connectivity index (χ3n) is 8.41. The van der Waals surface area contributed by atoms with Crippen molar-refractivity contribution < 1.29 is 22.2 Å². The van der Waals surface area contributed by atoms with E-state index in [2.05, 4.69) is 14.7 Å². The highest BCUT2D eigenvalue weighted by Gasteiger charge is 2.44. The van der Waals surface area contributed by atoms with Crippen molar-refractivity contribution in [1.82, 2.24) is 23.9 Å². The van der Waals surface area contributed by atoms with E-state index in [0.29, 0.717) is 57.3 Å². The molecule has 1 aromatic carbocycles. The van der Waals surface area contributed by atoms with E-state index in [1.54, 1.807) is 24.6 Å². The molecule has 220 valence electrons. The van der Waals surface area contributed by atoms with Gasteiger partial charge in [0, 0.05) is 81.8 Å². The van der Waals surface area contributed by atoms with Gasteiger partial charge in [-0.2, -0.15) is 17.9 Å². The minimum atomic E-state index is -4.42. The van der Waals surface area contributed by atoms with E-state index in [0.717, 1.165) is 37.8 Å². The summed E-state index contributed by atoms with van der Waals surface area (Å²) in [4.78, 5) is 19.3. The molecule has 3 saturated heterocycles. The van der Waals surface area contributed by atoms with Crippen molar-refractivity contribution >= 4 is 40.5 Å². The third-order valence-corrected chi connectivity index (χ3v) is 9.92. The quantitative estimate of drug-likeness (QED) is 0.501. The number of aromatic nitrogens is 2. The van der Waals surface area contributed by atoms with Gasteiger partial charge in [0.25, 0.3) is 0 Å². The first kappa shape index (κ1) is 29.2. The zero-order valence-electron chi connectivity index (χ0n) is 22.8. The lowest BCUT2D eigenvalue weighted by Gasteiger charge is -2.45. The summed E-state index contributed by atoms with van der Waals surface area (Å²) in [6.07, 6.45) is 4.42. The Balaban J connectivity index is 1.30. The number of likely N-dealkylation sites (tertiary alicyclic amines) is 2. The van der Waals surface area contributed by atoms with Crippen molar-refractivity contribution in [3.05, 3.63) is 41.6 Å².